The van der Waals surface area contributed by atoms with E-state index in [9.17, 15) is 5.11 Å². The predicted molar refractivity (Wildman–Crippen MR) is 80.3 cm³/mol. The Kier molecular flexibility index (Phi) is 5.27. The van der Waals surface area contributed by atoms with E-state index in [0.29, 0.717) is 12.6 Å². The number of aliphatic hydroxyl groups excluding tert-OH is 1. The molecule has 3 nitrogen and oxygen atoms in total. The predicted octanol–water partition coefficient (Wildman–Crippen LogP) is 2.20. The van der Waals surface area contributed by atoms with E-state index >= 15 is 0 Å². The van der Waals surface area contributed by atoms with Gasteiger partial charge in [0.15, 0.2) is 0 Å². The molecule has 3 heteroatoms. The number of piperazine rings is 1. The summed E-state index contributed by atoms with van der Waals surface area (Å²) >= 11 is 0. The van der Waals surface area contributed by atoms with Crippen molar-refractivity contribution in [3.05, 3.63) is 0 Å². The normalized spacial score (nSPS) is 34.9. The van der Waals surface area contributed by atoms with Gasteiger partial charge in [0.25, 0.3) is 0 Å². The van der Waals surface area contributed by atoms with Gasteiger partial charge in [0.1, 0.15) is 0 Å². The lowest BCUT2D eigenvalue weighted by atomic mass is 9.70. The number of aliphatic hydroxyl groups is 1. The smallest absolute Gasteiger partial charge is 0.0499 e. The Hall–Kier alpha value is -0.120. The third kappa shape index (κ3) is 3.93. The quantitative estimate of drug-likeness (QED) is 0.847. The standard InChI is InChI=1S/C16H32N2O/c1-14(2)18-9-7-17(8-10-18)12-16(13-19)6-4-5-15(3)11-16/h14-15,19H,4-13H2,1-3H3. The highest BCUT2D eigenvalue weighted by atomic mass is 16.3. The average Bonchev–Trinajstić information content (AvgIpc) is 2.39. The molecule has 0 amide bonds. The van der Waals surface area contributed by atoms with Gasteiger partial charge in [-0.3, -0.25) is 4.90 Å². The molecule has 112 valence electrons. The molecule has 2 unspecified atom stereocenters. The Bertz CT molecular complexity index is 274. The van der Waals surface area contributed by atoms with Gasteiger partial charge in [0, 0.05) is 50.8 Å². The summed E-state index contributed by atoms with van der Waals surface area (Å²) < 4.78 is 0. The van der Waals surface area contributed by atoms with Crippen molar-refractivity contribution in [2.45, 2.75) is 52.5 Å². The van der Waals surface area contributed by atoms with Crippen molar-refractivity contribution in [2.75, 3.05) is 39.3 Å². The summed E-state index contributed by atoms with van der Waals surface area (Å²) in [6.07, 6.45) is 5.09. The molecule has 1 saturated heterocycles. The van der Waals surface area contributed by atoms with Gasteiger partial charge in [-0.2, -0.15) is 0 Å². The number of rotatable bonds is 4. The Labute approximate surface area is 119 Å². The molecule has 1 aliphatic heterocycles. The van der Waals surface area contributed by atoms with Crippen molar-refractivity contribution in [3.63, 3.8) is 0 Å². The molecule has 0 aromatic carbocycles. The van der Waals surface area contributed by atoms with E-state index in [2.05, 4.69) is 30.6 Å². The second-order valence-corrected chi connectivity index (χ2v) is 7.27. The second kappa shape index (κ2) is 6.55. The Morgan fingerprint density at radius 2 is 1.89 bits per heavy atom. The minimum atomic E-state index is 0.192. The van der Waals surface area contributed by atoms with Crippen LogP contribution in [0.25, 0.3) is 0 Å². The zero-order valence-electron chi connectivity index (χ0n) is 13.1. The van der Waals surface area contributed by atoms with Crippen LogP contribution in [-0.4, -0.2) is 60.3 Å². The minimum Gasteiger partial charge on any atom is -0.396 e. The maximum Gasteiger partial charge on any atom is 0.0499 e. The van der Waals surface area contributed by atoms with Crippen LogP contribution in [0, 0.1) is 11.3 Å². The van der Waals surface area contributed by atoms with Crippen molar-refractivity contribution >= 4 is 0 Å². The molecule has 2 atom stereocenters. The lowest BCUT2D eigenvalue weighted by Crippen LogP contribution is -2.52. The Balaban J connectivity index is 1.86. The monoisotopic (exact) mass is 268 g/mol. The van der Waals surface area contributed by atoms with Crippen LogP contribution in [0.4, 0.5) is 0 Å². The van der Waals surface area contributed by atoms with Crippen molar-refractivity contribution in [2.24, 2.45) is 11.3 Å². The molecular weight excluding hydrogens is 236 g/mol. The van der Waals surface area contributed by atoms with Crippen LogP contribution < -0.4 is 0 Å². The van der Waals surface area contributed by atoms with Gasteiger partial charge in [-0.1, -0.05) is 19.8 Å². The van der Waals surface area contributed by atoms with Gasteiger partial charge >= 0.3 is 0 Å². The summed E-state index contributed by atoms with van der Waals surface area (Å²) in [5.41, 5.74) is 0.192. The molecule has 1 aliphatic carbocycles. The molecule has 19 heavy (non-hydrogen) atoms. The average molecular weight is 268 g/mol. The van der Waals surface area contributed by atoms with Gasteiger partial charge in [0.2, 0.25) is 0 Å². The lowest BCUT2D eigenvalue weighted by molar-refractivity contribution is 0.00504. The van der Waals surface area contributed by atoms with Crippen molar-refractivity contribution < 1.29 is 5.11 Å². The molecule has 2 aliphatic rings. The first-order chi connectivity index (χ1) is 9.04. The number of hydrogen-bond acceptors (Lipinski definition) is 3. The molecule has 1 heterocycles. The minimum absolute atomic E-state index is 0.192. The summed E-state index contributed by atoms with van der Waals surface area (Å²) in [6.45, 7) is 13.1. The second-order valence-electron chi connectivity index (χ2n) is 7.27. The molecule has 0 bridgehead atoms. The van der Waals surface area contributed by atoms with Crippen molar-refractivity contribution in [1.29, 1.82) is 0 Å². The summed E-state index contributed by atoms with van der Waals surface area (Å²) in [4.78, 5) is 5.15. The highest BCUT2D eigenvalue weighted by molar-refractivity contribution is 4.89. The fraction of sp³-hybridized carbons (Fsp3) is 1.00. The molecule has 1 N–H and O–H groups in total. The zero-order valence-corrected chi connectivity index (χ0v) is 13.1. The van der Waals surface area contributed by atoms with Gasteiger partial charge in [0.05, 0.1) is 0 Å². The number of nitrogens with zero attached hydrogens (tertiary/aromatic N) is 2. The molecule has 2 fully saturated rings. The maximum atomic E-state index is 9.89. The largest absolute Gasteiger partial charge is 0.396 e. The van der Waals surface area contributed by atoms with Crippen LogP contribution in [0.2, 0.25) is 0 Å². The first-order valence-electron chi connectivity index (χ1n) is 8.12. The molecule has 0 aromatic heterocycles. The zero-order chi connectivity index (χ0) is 13.9. The van der Waals surface area contributed by atoms with Gasteiger partial charge in [-0.05, 0) is 32.6 Å². The van der Waals surface area contributed by atoms with E-state index in [0.717, 1.165) is 12.5 Å². The molecular formula is C16H32N2O. The third-order valence-corrected chi connectivity index (χ3v) is 5.22. The van der Waals surface area contributed by atoms with Gasteiger partial charge in [-0.15, -0.1) is 0 Å². The van der Waals surface area contributed by atoms with Crippen LogP contribution in [0.3, 0.4) is 0 Å². The van der Waals surface area contributed by atoms with E-state index in [1.807, 2.05) is 0 Å². The van der Waals surface area contributed by atoms with Crippen LogP contribution in [-0.2, 0) is 0 Å². The van der Waals surface area contributed by atoms with E-state index in [1.54, 1.807) is 0 Å². The molecule has 2 rings (SSSR count). The number of hydrogen-bond donors (Lipinski definition) is 1. The fourth-order valence-electron chi connectivity index (χ4n) is 4.02. The summed E-state index contributed by atoms with van der Waals surface area (Å²) in [6, 6.07) is 0.670. The highest BCUT2D eigenvalue weighted by Crippen LogP contribution is 2.39. The summed E-state index contributed by atoms with van der Waals surface area (Å²) in [7, 11) is 0. The lowest BCUT2D eigenvalue weighted by Gasteiger charge is -2.45. The van der Waals surface area contributed by atoms with Crippen LogP contribution in [0.15, 0.2) is 0 Å². The van der Waals surface area contributed by atoms with E-state index < -0.39 is 0 Å². The summed E-state index contributed by atoms with van der Waals surface area (Å²) in [5.74, 6) is 0.790. The van der Waals surface area contributed by atoms with E-state index in [4.69, 9.17) is 0 Å². The third-order valence-electron chi connectivity index (χ3n) is 5.22. The van der Waals surface area contributed by atoms with Gasteiger partial charge in [-0.25, -0.2) is 0 Å². The van der Waals surface area contributed by atoms with Crippen LogP contribution in [0.1, 0.15) is 46.5 Å². The van der Waals surface area contributed by atoms with E-state index in [-0.39, 0.29) is 5.41 Å². The maximum absolute atomic E-state index is 9.89. The highest BCUT2D eigenvalue weighted by Gasteiger charge is 2.36. The first kappa shape index (κ1) is 15.3. The summed E-state index contributed by atoms with van der Waals surface area (Å²) in [5, 5.41) is 9.89. The molecule has 0 radical (unpaired) electrons. The Morgan fingerprint density at radius 1 is 1.21 bits per heavy atom. The topological polar surface area (TPSA) is 26.7 Å². The Morgan fingerprint density at radius 3 is 2.42 bits per heavy atom. The van der Waals surface area contributed by atoms with E-state index in [1.165, 1.54) is 51.9 Å². The fourth-order valence-corrected chi connectivity index (χ4v) is 4.02. The van der Waals surface area contributed by atoms with Crippen molar-refractivity contribution in [1.82, 2.24) is 9.80 Å². The molecule has 0 spiro atoms. The van der Waals surface area contributed by atoms with Gasteiger partial charge < -0.3 is 10.0 Å². The molecule has 1 saturated carbocycles. The first-order valence-corrected chi connectivity index (χ1v) is 8.12. The SMILES string of the molecule is CC1CCCC(CO)(CN2CCN(C(C)C)CC2)C1. The van der Waals surface area contributed by atoms with Crippen LogP contribution in [0.5, 0.6) is 0 Å². The molecule has 0 aromatic rings. The van der Waals surface area contributed by atoms with Crippen LogP contribution >= 0.6 is 0 Å². The van der Waals surface area contributed by atoms with Crippen molar-refractivity contribution in [3.8, 4) is 0 Å².